The SMILES string of the molecule is CC(C)Cn1c(CO)cc2cc(Cc3ncc(C4CC4)cc3C(=O)O)ccc21. The van der Waals surface area contributed by atoms with E-state index >= 15 is 0 Å². The normalized spacial score (nSPS) is 14.1. The molecule has 0 amide bonds. The van der Waals surface area contributed by atoms with Crippen molar-refractivity contribution < 1.29 is 15.0 Å². The third-order valence-electron chi connectivity index (χ3n) is 5.40. The van der Waals surface area contributed by atoms with Crippen LogP contribution in [0.15, 0.2) is 36.5 Å². The Balaban J connectivity index is 1.67. The summed E-state index contributed by atoms with van der Waals surface area (Å²) in [6.45, 7) is 5.17. The number of hydrogen-bond acceptors (Lipinski definition) is 3. The molecule has 0 unspecified atom stereocenters. The predicted octanol–water partition coefficient (Wildman–Crippen LogP) is 4.35. The minimum atomic E-state index is -0.920. The Kier molecular flexibility index (Phi) is 4.94. The van der Waals surface area contributed by atoms with Crippen molar-refractivity contribution in [2.24, 2.45) is 5.92 Å². The van der Waals surface area contributed by atoms with E-state index in [0.29, 0.717) is 29.5 Å². The van der Waals surface area contributed by atoms with Gasteiger partial charge in [-0.2, -0.15) is 0 Å². The molecule has 5 nitrogen and oxygen atoms in total. The number of aromatic carboxylic acids is 1. The minimum Gasteiger partial charge on any atom is -0.478 e. The average molecular weight is 378 g/mol. The number of carboxylic acid groups (broad SMARTS) is 1. The number of fused-ring (bicyclic) bond motifs is 1. The Morgan fingerprint density at radius 3 is 2.68 bits per heavy atom. The molecule has 28 heavy (non-hydrogen) atoms. The second-order valence-electron chi connectivity index (χ2n) is 8.21. The molecule has 0 radical (unpaired) electrons. The molecule has 2 aromatic heterocycles. The van der Waals surface area contributed by atoms with Crippen molar-refractivity contribution in [2.45, 2.75) is 52.2 Å². The molecule has 1 aliphatic rings. The molecule has 0 bridgehead atoms. The van der Waals surface area contributed by atoms with Gasteiger partial charge in [0.25, 0.3) is 0 Å². The number of aromatic nitrogens is 2. The molecular formula is C23H26N2O3. The number of aliphatic hydroxyl groups excluding tert-OH is 1. The molecule has 2 N–H and O–H groups in total. The quantitative estimate of drug-likeness (QED) is 0.641. The highest BCUT2D eigenvalue weighted by atomic mass is 16.4. The molecule has 0 saturated heterocycles. The number of rotatable bonds is 7. The first-order valence-corrected chi connectivity index (χ1v) is 9.90. The Morgan fingerprint density at radius 1 is 1.25 bits per heavy atom. The Hall–Kier alpha value is -2.66. The Bertz CT molecular complexity index is 1030. The molecule has 1 saturated carbocycles. The first-order chi connectivity index (χ1) is 13.5. The van der Waals surface area contributed by atoms with Crippen molar-refractivity contribution in [2.75, 3.05) is 0 Å². The predicted molar refractivity (Wildman–Crippen MR) is 109 cm³/mol. The van der Waals surface area contributed by atoms with Crippen LogP contribution in [0.4, 0.5) is 0 Å². The molecule has 1 aliphatic carbocycles. The Morgan fingerprint density at radius 2 is 2.04 bits per heavy atom. The van der Waals surface area contributed by atoms with E-state index in [2.05, 4.69) is 35.5 Å². The molecule has 0 spiro atoms. The molecule has 1 aromatic carbocycles. The summed E-state index contributed by atoms with van der Waals surface area (Å²) in [4.78, 5) is 16.2. The smallest absolute Gasteiger partial charge is 0.337 e. The van der Waals surface area contributed by atoms with E-state index in [1.807, 2.05) is 18.3 Å². The van der Waals surface area contributed by atoms with Crippen LogP contribution in [-0.4, -0.2) is 25.7 Å². The molecular weight excluding hydrogens is 352 g/mol. The molecule has 1 fully saturated rings. The van der Waals surface area contributed by atoms with Crippen LogP contribution in [0.1, 0.15) is 65.5 Å². The average Bonchev–Trinajstić information content (AvgIpc) is 3.45. The summed E-state index contributed by atoms with van der Waals surface area (Å²) in [5, 5.41) is 20.4. The molecule has 0 atom stereocenters. The van der Waals surface area contributed by atoms with E-state index in [1.54, 1.807) is 6.07 Å². The van der Waals surface area contributed by atoms with Crippen molar-refractivity contribution in [1.29, 1.82) is 0 Å². The highest BCUT2D eigenvalue weighted by Gasteiger charge is 2.26. The van der Waals surface area contributed by atoms with Gasteiger partial charge in [0.15, 0.2) is 0 Å². The van der Waals surface area contributed by atoms with Gasteiger partial charge in [-0.1, -0.05) is 19.9 Å². The second kappa shape index (κ2) is 7.40. The van der Waals surface area contributed by atoms with Crippen LogP contribution in [0.25, 0.3) is 10.9 Å². The fourth-order valence-electron chi connectivity index (χ4n) is 3.87. The molecule has 146 valence electrons. The summed E-state index contributed by atoms with van der Waals surface area (Å²) in [7, 11) is 0. The van der Waals surface area contributed by atoms with Crippen LogP contribution in [0.5, 0.6) is 0 Å². The molecule has 4 rings (SSSR count). The third kappa shape index (κ3) is 3.67. The molecule has 2 heterocycles. The maximum atomic E-state index is 11.7. The van der Waals surface area contributed by atoms with Gasteiger partial charge in [-0.3, -0.25) is 4.98 Å². The molecule has 0 aliphatic heterocycles. The summed E-state index contributed by atoms with van der Waals surface area (Å²) >= 11 is 0. The van der Waals surface area contributed by atoms with Gasteiger partial charge >= 0.3 is 5.97 Å². The fourth-order valence-corrected chi connectivity index (χ4v) is 3.87. The van der Waals surface area contributed by atoms with Crippen LogP contribution < -0.4 is 0 Å². The fraction of sp³-hybridized carbons (Fsp3) is 0.391. The van der Waals surface area contributed by atoms with E-state index in [4.69, 9.17) is 0 Å². The number of aliphatic hydroxyl groups is 1. The van der Waals surface area contributed by atoms with Crippen molar-refractivity contribution in [3.8, 4) is 0 Å². The van der Waals surface area contributed by atoms with Crippen molar-refractivity contribution in [3.05, 3.63) is 64.6 Å². The van der Waals surface area contributed by atoms with Crippen molar-refractivity contribution in [1.82, 2.24) is 9.55 Å². The highest BCUT2D eigenvalue weighted by Crippen LogP contribution is 2.40. The first-order valence-electron chi connectivity index (χ1n) is 9.90. The van der Waals surface area contributed by atoms with Crippen LogP contribution in [-0.2, 0) is 19.6 Å². The number of benzene rings is 1. The van der Waals surface area contributed by atoms with Gasteiger partial charge in [-0.05, 0) is 60.1 Å². The number of pyridine rings is 1. The highest BCUT2D eigenvalue weighted by molar-refractivity contribution is 5.89. The van der Waals surface area contributed by atoms with Crippen LogP contribution in [0.3, 0.4) is 0 Å². The maximum Gasteiger partial charge on any atom is 0.337 e. The number of hydrogen-bond donors (Lipinski definition) is 2. The van der Waals surface area contributed by atoms with Crippen LogP contribution >= 0.6 is 0 Å². The van der Waals surface area contributed by atoms with Gasteiger partial charge in [0.05, 0.1) is 17.9 Å². The van der Waals surface area contributed by atoms with Crippen LogP contribution in [0, 0.1) is 5.92 Å². The largest absolute Gasteiger partial charge is 0.478 e. The summed E-state index contributed by atoms with van der Waals surface area (Å²) < 4.78 is 2.16. The lowest BCUT2D eigenvalue weighted by atomic mass is 10.0. The Labute approximate surface area is 164 Å². The van der Waals surface area contributed by atoms with Gasteiger partial charge in [0.2, 0.25) is 0 Å². The van der Waals surface area contributed by atoms with Gasteiger partial charge in [0, 0.05) is 35.8 Å². The van der Waals surface area contributed by atoms with Gasteiger partial charge in [-0.15, -0.1) is 0 Å². The number of carboxylic acids is 1. The zero-order chi connectivity index (χ0) is 19.8. The summed E-state index contributed by atoms with van der Waals surface area (Å²) in [5.74, 6) is 0.0400. The van der Waals surface area contributed by atoms with Gasteiger partial charge in [-0.25, -0.2) is 4.79 Å². The number of nitrogens with zero attached hydrogens (tertiary/aromatic N) is 2. The summed E-state index contributed by atoms with van der Waals surface area (Å²) in [6, 6.07) is 9.98. The molecule has 5 heteroatoms. The monoisotopic (exact) mass is 378 g/mol. The van der Waals surface area contributed by atoms with E-state index in [0.717, 1.165) is 47.1 Å². The molecule has 3 aromatic rings. The lowest BCUT2D eigenvalue weighted by Crippen LogP contribution is -2.08. The third-order valence-corrected chi connectivity index (χ3v) is 5.40. The van der Waals surface area contributed by atoms with E-state index < -0.39 is 5.97 Å². The maximum absolute atomic E-state index is 11.7. The van der Waals surface area contributed by atoms with Crippen LogP contribution in [0.2, 0.25) is 0 Å². The summed E-state index contributed by atoms with van der Waals surface area (Å²) in [5.41, 5.74) is 4.96. The van der Waals surface area contributed by atoms with E-state index in [-0.39, 0.29) is 6.61 Å². The topological polar surface area (TPSA) is 75.3 Å². The van der Waals surface area contributed by atoms with Gasteiger partial charge < -0.3 is 14.8 Å². The minimum absolute atomic E-state index is 0.00405. The number of carbonyl (C=O) groups is 1. The summed E-state index contributed by atoms with van der Waals surface area (Å²) in [6.07, 6.45) is 4.56. The zero-order valence-electron chi connectivity index (χ0n) is 16.4. The first kappa shape index (κ1) is 18.7. The second-order valence-corrected chi connectivity index (χ2v) is 8.21. The van der Waals surface area contributed by atoms with E-state index in [9.17, 15) is 15.0 Å². The lowest BCUT2D eigenvalue weighted by molar-refractivity contribution is 0.0695. The lowest BCUT2D eigenvalue weighted by Gasteiger charge is -2.12. The van der Waals surface area contributed by atoms with Crippen molar-refractivity contribution >= 4 is 16.9 Å². The van der Waals surface area contributed by atoms with E-state index in [1.165, 1.54) is 0 Å². The van der Waals surface area contributed by atoms with Gasteiger partial charge in [0.1, 0.15) is 0 Å². The van der Waals surface area contributed by atoms with Crippen molar-refractivity contribution in [3.63, 3.8) is 0 Å². The standard InChI is InChI=1S/C23H26N2O3/c1-14(2)12-25-19(13-26)9-17-7-15(3-6-22(17)25)8-21-20(23(27)28)10-18(11-24-21)16-4-5-16/h3,6-7,9-11,14,16,26H,4-5,8,12-13H2,1-2H3,(H,27,28). The zero-order valence-corrected chi connectivity index (χ0v) is 16.4.